The first-order valence-corrected chi connectivity index (χ1v) is 7.93. The Morgan fingerprint density at radius 3 is 2.27 bits per heavy atom. The minimum absolute atomic E-state index is 0.222. The van der Waals surface area contributed by atoms with Gasteiger partial charge in [-0.15, -0.1) is 0 Å². The normalized spacial score (nSPS) is 12.1. The Morgan fingerprint density at radius 1 is 1.00 bits per heavy atom. The molecule has 0 heterocycles. The SMILES string of the molecule is Cc1ccc(C)c(C(CCCCCCCC(=O)O)C(=O)O)c1. The standard InChI is InChI=1S/C18H26O4/c1-13-10-11-14(2)16(12-13)15(18(21)22)8-6-4-3-5-7-9-17(19)20/h10-12,15H,3-9H2,1-2H3,(H,19,20)(H,21,22). The van der Waals surface area contributed by atoms with E-state index < -0.39 is 17.9 Å². The minimum Gasteiger partial charge on any atom is -0.481 e. The highest BCUT2D eigenvalue weighted by Crippen LogP contribution is 2.27. The third kappa shape index (κ3) is 6.29. The van der Waals surface area contributed by atoms with Crippen molar-refractivity contribution in [1.29, 1.82) is 0 Å². The molecule has 0 aliphatic heterocycles. The van der Waals surface area contributed by atoms with Crippen molar-refractivity contribution in [1.82, 2.24) is 0 Å². The molecule has 122 valence electrons. The monoisotopic (exact) mass is 306 g/mol. The Kier molecular flexibility index (Phi) is 7.64. The average Bonchev–Trinajstić information content (AvgIpc) is 2.44. The maximum absolute atomic E-state index is 11.5. The molecule has 0 saturated heterocycles. The molecular weight excluding hydrogens is 280 g/mol. The zero-order valence-electron chi connectivity index (χ0n) is 13.5. The maximum Gasteiger partial charge on any atom is 0.310 e. The quantitative estimate of drug-likeness (QED) is 0.632. The number of rotatable bonds is 10. The molecule has 1 atom stereocenters. The number of aliphatic carboxylic acids is 2. The molecule has 0 radical (unpaired) electrons. The van der Waals surface area contributed by atoms with E-state index in [1.54, 1.807) is 0 Å². The molecule has 0 aromatic heterocycles. The number of hydrogen-bond acceptors (Lipinski definition) is 2. The van der Waals surface area contributed by atoms with E-state index in [0.29, 0.717) is 12.8 Å². The summed E-state index contributed by atoms with van der Waals surface area (Å²) in [5, 5.41) is 18.0. The highest BCUT2D eigenvalue weighted by molar-refractivity contribution is 5.76. The summed E-state index contributed by atoms with van der Waals surface area (Å²) in [7, 11) is 0. The van der Waals surface area contributed by atoms with Crippen LogP contribution in [-0.4, -0.2) is 22.2 Å². The van der Waals surface area contributed by atoms with E-state index in [4.69, 9.17) is 5.11 Å². The van der Waals surface area contributed by atoms with Crippen molar-refractivity contribution in [2.24, 2.45) is 0 Å². The zero-order chi connectivity index (χ0) is 16.5. The molecule has 1 aromatic carbocycles. The van der Waals surface area contributed by atoms with Gasteiger partial charge in [0.2, 0.25) is 0 Å². The van der Waals surface area contributed by atoms with E-state index in [1.165, 1.54) is 0 Å². The molecule has 4 nitrogen and oxygen atoms in total. The predicted octanol–water partition coefficient (Wildman–Crippen LogP) is 4.29. The Labute approximate surface area is 132 Å². The number of hydrogen-bond donors (Lipinski definition) is 2. The Morgan fingerprint density at radius 2 is 1.64 bits per heavy atom. The molecule has 1 unspecified atom stereocenters. The second-order valence-electron chi connectivity index (χ2n) is 5.95. The fourth-order valence-electron chi connectivity index (χ4n) is 2.70. The number of aryl methyl sites for hydroxylation is 2. The Bertz CT molecular complexity index is 508. The third-order valence-corrected chi connectivity index (χ3v) is 3.99. The van der Waals surface area contributed by atoms with Gasteiger partial charge in [-0.25, -0.2) is 0 Å². The molecule has 4 heteroatoms. The van der Waals surface area contributed by atoms with E-state index in [9.17, 15) is 14.7 Å². The van der Waals surface area contributed by atoms with Crippen LogP contribution < -0.4 is 0 Å². The minimum atomic E-state index is -0.764. The highest BCUT2D eigenvalue weighted by Gasteiger charge is 2.21. The van der Waals surface area contributed by atoms with Crippen LogP contribution in [0.5, 0.6) is 0 Å². The van der Waals surface area contributed by atoms with Crippen molar-refractivity contribution < 1.29 is 19.8 Å². The van der Waals surface area contributed by atoms with Gasteiger partial charge in [0.15, 0.2) is 0 Å². The van der Waals surface area contributed by atoms with Crippen molar-refractivity contribution in [2.75, 3.05) is 0 Å². The molecule has 0 bridgehead atoms. The van der Waals surface area contributed by atoms with Gasteiger partial charge in [0.05, 0.1) is 5.92 Å². The van der Waals surface area contributed by atoms with Gasteiger partial charge in [0, 0.05) is 6.42 Å². The summed E-state index contributed by atoms with van der Waals surface area (Å²) in [6.07, 6.45) is 5.24. The van der Waals surface area contributed by atoms with E-state index in [-0.39, 0.29) is 6.42 Å². The number of benzene rings is 1. The van der Waals surface area contributed by atoms with Crippen LogP contribution in [0.25, 0.3) is 0 Å². The fraction of sp³-hybridized carbons (Fsp3) is 0.556. The first-order valence-electron chi connectivity index (χ1n) is 7.93. The Hall–Kier alpha value is -1.84. The molecule has 1 aromatic rings. The van der Waals surface area contributed by atoms with Crippen molar-refractivity contribution in [3.05, 3.63) is 34.9 Å². The van der Waals surface area contributed by atoms with Crippen molar-refractivity contribution in [2.45, 2.75) is 64.7 Å². The van der Waals surface area contributed by atoms with Gasteiger partial charge in [-0.2, -0.15) is 0 Å². The lowest BCUT2D eigenvalue weighted by Crippen LogP contribution is -2.13. The number of carboxylic acids is 2. The lowest BCUT2D eigenvalue weighted by molar-refractivity contribution is -0.139. The van der Waals surface area contributed by atoms with E-state index in [2.05, 4.69) is 0 Å². The summed E-state index contributed by atoms with van der Waals surface area (Å²) in [5.74, 6) is -1.96. The number of carboxylic acid groups (broad SMARTS) is 2. The average molecular weight is 306 g/mol. The summed E-state index contributed by atoms with van der Waals surface area (Å²) in [5.41, 5.74) is 3.03. The lowest BCUT2D eigenvalue weighted by Gasteiger charge is -2.16. The summed E-state index contributed by atoms with van der Waals surface area (Å²) >= 11 is 0. The van der Waals surface area contributed by atoms with Gasteiger partial charge >= 0.3 is 11.9 Å². The molecule has 0 amide bonds. The molecule has 0 saturated carbocycles. The maximum atomic E-state index is 11.5. The summed E-state index contributed by atoms with van der Waals surface area (Å²) in [6, 6.07) is 5.95. The molecule has 0 fully saturated rings. The van der Waals surface area contributed by atoms with Crippen LogP contribution in [0.3, 0.4) is 0 Å². The van der Waals surface area contributed by atoms with Crippen LogP contribution in [0.2, 0.25) is 0 Å². The van der Waals surface area contributed by atoms with Gasteiger partial charge in [-0.1, -0.05) is 49.4 Å². The Balaban J connectivity index is 2.44. The molecule has 0 aliphatic carbocycles. The van der Waals surface area contributed by atoms with E-state index in [0.717, 1.165) is 42.4 Å². The first-order chi connectivity index (χ1) is 10.4. The molecule has 2 N–H and O–H groups in total. The summed E-state index contributed by atoms with van der Waals surface area (Å²) in [4.78, 5) is 21.9. The van der Waals surface area contributed by atoms with Crippen molar-refractivity contribution in [3.63, 3.8) is 0 Å². The van der Waals surface area contributed by atoms with E-state index >= 15 is 0 Å². The summed E-state index contributed by atoms with van der Waals surface area (Å²) in [6.45, 7) is 3.93. The predicted molar refractivity (Wildman–Crippen MR) is 86.2 cm³/mol. The first kappa shape index (κ1) is 18.2. The summed E-state index contributed by atoms with van der Waals surface area (Å²) < 4.78 is 0. The van der Waals surface area contributed by atoms with Crippen molar-refractivity contribution >= 4 is 11.9 Å². The molecule has 1 rings (SSSR count). The number of carbonyl (C=O) groups is 2. The zero-order valence-corrected chi connectivity index (χ0v) is 13.5. The van der Waals surface area contributed by atoms with Gasteiger partial charge < -0.3 is 10.2 Å². The number of unbranched alkanes of at least 4 members (excludes halogenated alkanes) is 4. The van der Waals surface area contributed by atoms with Gasteiger partial charge in [0.25, 0.3) is 0 Å². The third-order valence-electron chi connectivity index (χ3n) is 3.99. The second-order valence-corrected chi connectivity index (χ2v) is 5.95. The van der Waals surface area contributed by atoms with Crippen LogP contribution >= 0.6 is 0 Å². The van der Waals surface area contributed by atoms with Crippen molar-refractivity contribution in [3.8, 4) is 0 Å². The van der Waals surface area contributed by atoms with E-state index in [1.807, 2.05) is 32.0 Å². The van der Waals surface area contributed by atoms with Crippen LogP contribution in [0.4, 0.5) is 0 Å². The molecular formula is C18H26O4. The van der Waals surface area contributed by atoms with Gasteiger partial charge in [-0.3, -0.25) is 9.59 Å². The molecule has 22 heavy (non-hydrogen) atoms. The second kappa shape index (κ2) is 9.23. The highest BCUT2D eigenvalue weighted by atomic mass is 16.4. The fourth-order valence-corrected chi connectivity index (χ4v) is 2.70. The van der Waals surface area contributed by atoms with Crippen LogP contribution in [-0.2, 0) is 9.59 Å². The molecule has 0 spiro atoms. The lowest BCUT2D eigenvalue weighted by atomic mass is 9.89. The van der Waals surface area contributed by atoms with Crippen LogP contribution in [0.1, 0.15) is 67.6 Å². The largest absolute Gasteiger partial charge is 0.481 e. The van der Waals surface area contributed by atoms with Gasteiger partial charge in [-0.05, 0) is 37.8 Å². The van der Waals surface area contributed by atoms with Crippen LogP contribution in [0, 0.1) is 13.8 Å². The molecule has 0 aliphatic rings. The smallest absolute Gasteiger partial charge is 0.310 e. The van der Waals surface area contributed by atoms with Gasteiger partial charge in [0.1, 0.15) is 0 Å². The van der Waals surface area contributed by atoms with Crippen LogP contribution in [0.15, 0.2) is 18.2 Å². The topological polar surface area (TPSA) is 74.6 Å².